The van der Waals surface area contributed by atoms with E-state index in [9.17, 15) is 19.0 Å². The van der Waals surface area contributed by atoms with Crippen molar-refractivity contribution in [2.24, 2.45) is 0 Å². The molecule has 1 heterocycles. The van der Waals surface area contributed by atoms with Gasteiger partial charge in [0.15, 0.2) is 0 Å². The van der Waals surface area contributed by atoms with Crippen molar-refractivity contribution in [2.75, 3.05) is 0 Å². The van der Waals surface area contributed by atoms with Crippen LogP contribution < -0.4 is 9.97 Å². The van der Waals surface area contributed by atoms with Gasteiger partial charge in [0.2, 0.25) is 5.91 Å². The standard InChI is InChI=1S/C11H11BFNO5/c1-5(15)14-8-4-6-2-3-7(13)9(11(16)17)10(6)19-12(8)18/h2-3,8,18H,4H2,1H3,(H,14,15)(H,16,17)/t8-/m0/s1. The second kappa shape index (κ2) is 4.89. The molecule has 0 saturated heterocycles. The van der Waals surface area contributed by atoms with Crippen molar-refractivity contribution in [1.29, 1.82) is 0 Å². The SMILES string of the molecule is CC(=O)N[C@H]1Cc2ccc(F)c(C(=O)O)c2OB1O. The van der Waals surface area contributed by atoms with Gasteiger partial charge < -0.3 is 20.1 Å². The molecule has 1 aromatic rings. The van der Waals surface area contributed by atoms with Crippen LogP contribution in [0.5, 0.6) is 5.75 Å². The number of nitrogens with one attached hydrogen (secondary N) is 1. The molecule has 19 heavy (non-hydrogen) atoms. The highest BCUT2D eigenvalue weighted by molar-refractivity contribution is 6.47. The normalized spacial score (nSPS) is 17.4. The molecule has 0 fully saturated rings. The average molecular weight is 267 g/mol. The Morgan fingerprint density at radius 2 is 2.21 bits per heavy atom. The lowest BCUT2D eigenvalue weighted by Gasteiger charge is -2.28. The fourth-order valence-corrected chi connectivity index (χ4v) is 2.02. The number of hydrogen-bond donors (Lipinski definition) is 3. The van der Waals surface area contributed by atoms with E-state index >= 15 is 0 Å². The number of amides is 1. The van der Waals surface area contributed by atoms with Crippen molar-refractivity contribution in [3.05, 3.63) is 29.1 Å². The highest BCUT2D eigenvalue weighted by Gasteiger charge is 2.38. The number of rotatable bonds is 2. The average Bonchev–Trinajstić information content (AvgIpc) is 2.29. The van der Waals surface area contributed by atoms with Crippen LogP contribution in [0.4, 0.5) is 4.39 Å². The molecule has 1 aliphatic heterocycles. The number of carboxylic acids is 1. The van der Waals surface area contributed by atoms with Crippen molar-refractivity contribution < 1.29 is 28.8 Å². The van der Waals surface area contributed by atoms with Crippen LogP contribution in [0.3, 0.4) is 0 Å². The molecular formula is C11H11BFNO5. The molecular weight excluding hydrogens is 256 g/mol. The number of fused-ring (bicyclic) bond motifs is 1. The number of halogens is 1. The highest BCUT2D eigenvalue weighted by atomic mass is 19.1. The third-order valence-corrected chi connectivity index (χ3v) is 2.81. The van der Waals surface area contributed by atoms with Gasteiger partial charge in [0.25, 0.3) is 0 Å². The highest BCUT2D eigenvalue weighted by Crippen LogP contribution is 2.31. The fraction of sp³-hybridized carbons (Fsp3) is 0.273. The van der Waals surface area contributed by atoms with Gasteiger partial charge in [0.05, 0.1) is 5.94 Å². The monoisotopic (exact) mass is 267 g/mol. The van der Waals surface area contributed by atoms with E-state index < -0.39 is 30.4 Å². The largest absolute Gasteiger partial charge is 0.547 e. The van der Waals surface area contributed by atoms with E-state index in [2.05, 4.69) is 5.32 Å². The molecule has 6 nitrogen and oxygen atoms in total. The van der Waals surface area contributed by atoms with Crippen LogP contribution >= 0.6 is 0 Å². The van der Waals surface area contributed by atoms with Gasteiger partial charge in [-0.3, -0.25) is 4.79 Å². The Kier molecular flexibility index (Phi) is 3.43. The Labute approximate surface area is 108 Å². The lowest BCUT2D eigenvalue weighted by molar-refractivity contribution is -0.119. The quantitative estimate of drug-likeness (QED) is 0.654. The molecule has 1 aromatic carbocycles. The first kappa shape index (κ1) is 13.3. The molecule has 0 aliphatic carbocycles. The second-order valence-corrected chi connectivity index (χ2v) is 4.24. The van der Waals surface area contributed by atoms with Crippen molar-refractivity contribution >= 4 is 19.0 Å². The summed E-state index contributed by atoms with van der Waals surface area (Å²) in [6.45, 7) is 1.29. The minimum absolute atomic E-state index is 0.163. The lowest BCUT2D eigenvalue weighted by atomic mass is 9.72. The molecule has 0 bridgehead atoms. The van der Waals surface area contributed by atoms with E-state index in [1.165, 1.54) is 13.0 Å². The number of carboxylic acid groups (broad SMARTS) is 1. The van der Waals surface area contributed by atoms with Crippen molar-refractivity contribution in [3.8, 4) is 5.75 Å². The van der Waals surface area contributed by atoms with Crippen LogP contribution in [-0.2, 0) is 11.2 Å². The predicted octanol–water partition coefficient (Wildman–Crippen LogP) is -0.0168. The van der Waals surface area contributed by atoms with Crippen LogP contribution in [0.25, 0.3) is 0 Å². The van der Waals surface area contributed by atoms with E-state index in [-0.39, 0.29) is 18.1 Å². The van der Waals surface area contributed by atoms with Gasteiger partial charge >= 0.3 is 13.1 Å². The molecule has 1 amide bonds. The van der Waals surface area contributed by atoms with Crippen LogP contribution in [0.15, 0.2) is 12.1 Å². The summed E-state index contributed by atoms with van der Waals surface area (Å²) in [5, 5.41) is 21.1. The van der Waals surface area contributed by atoms with Gasteiger partial charge in [0.1, 0.15) is 17.1 Å². The first-order chi connectivity index (χ1) is 8.90. The van der Waals surface area contributed by atoms with E-state index in [0.717, 1.165) is 6.07 Å². The molecule has 0 aromatic heterocycles. The predicted molar refractivity (Wildman–Crippen MR) is 63.3 cm³/mol. The smallest absolute Gasteiger partial charge is 0.534 e. The van der Waals surface area contributed by atoms with Crippen LogP contribution in [0.1, 0.15) is 22.8 Å². The summed E-state index contributed by atoms with van der Waals surface area (Å²) in [4.78, 5) is 22.0. The van der Waals surface area contributed by atoms with Crippen molar-refractivity contribution in [1.82, 2.24) is 5.32 Å². The summed E-state index contributed by atoms with van der Waals surface area (Å²) < 4.78 is 18.5. The van der Waals surface area contributed by atoms with Gasteiger partial charge in [-0.25, -0.2) is 9.18 Å². The Morgan fingerprint density at radius 1 is 1.53 bits per heavy atom. The zero-order valence-electron chi connectivity index (χ0n) is 10.0. The Morgan fingerprint density at radius 3 is 2.79 bits per heavy atom. The summed E-state index contributed by atoms with van der Waals surface area (Å²) in [5.74, 6) is -3.65. The number of carbonyl (C=O) groups is 2. The first-order valence-electron chi connectivity index (χ1n) is 5.56. The Hall–Kier alpha value is -2.09. The summed E-state index contributed by atoms with van der Waals surface area (Å²) in [6, 6.07) is 2.39. The van der Waals surface area contributed by atoms with Gasteiger partial charge in [-0.2, -0.15) is 0 Å². The fourth-order valence-electron chi connectivity index (χ4n) is 2.02. The van der Waals surface area contributed by atoms with Crippen LogP contribution in [0, 0.1) is 5.82 Å². The molecule has 0 unspecified atom stereocenters. The number of hydrogen-bond acceptors (Lipinski definition) is 4. The molecule has 0 saturated carbocycles. The van der Waals surface area contributed by atoms with E-state index in [0.29, 0.717) is 5.56 Å². The second-order valence-electron chi connectivity index (χ2n) is 4.24. The lowest BCUT2D eigenvalue weighted by Crippen LogP contribution is -2.52. The van der Waals surface area contributed by atoms with Gasteiger partial charge in [-0.15, -0.1) is 0 Å². The molecule has 0 radical (unpaired) electrons. The van der Waals surface area contributed by atoms with Crippen LogP contribution in [0.2, 0.25) is 0 Å². The number of carbonyl (C=O) groups excluding carboxylic acids is 1. The number of aromatic carboxylic acids is 1. The zero-order valence-corrected chi connectivity index (χ0v) is 10.0. The first-order valence-corrected chi connectivity index (χ1v) is 5.56. The molecule has 8 heteroatoms. The van der Waals surface area contributed by atoms with E-state index in [1.54, 1.807) is 0 Å². The maximum atomic E-state index is 13.5. The number of benzene rings is 1. The van der Waals surface area contributed by atoms with Gasteiger partial charge in [0, 0.05) is 6.92 Å². The summed E-state index contributed by atoms with van der Waals surface area (Å²) >= 11 is 0. The van der Waals surface area contributed by atoms with Gasteiger partial charge in [-0.1, -0.05) is 6.07 Å². The molecule has 3 N–H and O–H groups in total. The minimum atomic E-state index is -1.47. The molecule has 2 rings (SSSR count). The van der Waals surface area contributed by atoms with E-state index in [1.807, 2.05) is 0 Å². The van der Waals surface area contributed by atoms with Crippen molar-refractivity contribution in [3.63, 3.8) is 0 Å². The minimum Gasteiger partial charge on any atom is -0.534 e. The van der Waals surface area contributed by atoms with Gasteiger partial charge in [-0.05, 0) is 18.1 Å². The third kappa shape index (κ3) is 2.53. The molecule has 1 atom stereocenters. The summed E-state index contributed by atoms with van der Waals surface area (Å²) in [5.41, 5.74) is -0.194. The summed E-state index contributed by atoms with van der Waals surface area (Å²) in [7, 11) is -1.42. The molecule has 100 valence electrons. The Bertz CT molecular complexity index is 550. The topological polar surface area (TPSA) is 95.9 Å². The van der Waals surface area contributed by atoms with E-state index in [4.69, 9.17) is 9.76 Å². The maximum absolute atomic E-state index is 13.5. The molecule has 0 spiro atoms. The van der Waals surface area contributed by atoms with Crippen molar-refractivity contribution in [2.45, 2.75) is 19.3 Å². The Balaban J connectivity index is 2.40. The zero-order chi connectivity index (χ0) is 14.2. The third-order valence-electron chi connectivity index (χ3n) is 2.81. The maximum Gasteiger partial charge on any atom is 0.547 e. The summed E-state index contributed by atoms with van der Waals surface area (Å²) in [6.07, 6.45) is 0.163. The molecule has 1 aliphatic rings. The van der Waals surface area contributed by atoms with Crippen LogP contribution in [-0.4, -0.2) is 35.1 Å².